The van der Waals surface area contributed by atoms with Crippen molar-refractivity contribution >= 4 is 33.5 Å². The van der Waals surface area contributed by atoms with E-state index in [0.29, 0.717) is 11.1 Å². The predicted molar refractivity (Wildman–Crippen MR) is 138 cm³/mol. The number of aliphatic hydroxyl groups excluding tert-OH is 2. The molecule has 6 nitrogen and oxygen atoms in total. The van der Waals surface area contributed by atoms with E-state index in [-0.39, 0.29) is 24.4 Å². The summed E-state index contributed by atoms with van der Waals surface area (Å²) in [5, 5.41) is 25.0. The van der Waals surface area contributed by atoms with Gasteiger partial charge in [0.2, 0.25) is 0 Å². The van der Waals surface area contributed by atoms with Gasteiger partial charge in [0.25, 0.3) is 0 Å². The number of hydrogen-bond donors (Lipinski definition) is 2. The summed E-state index contributed by atoms with van der Waals surface area (Å²) in [5.74, 6) is -1.61. The molecule has 36 heavy (non-hydrogen) atoms. The molecular weight excluding hydrogens is 456 g/mol. The lowest BCUT2D eigenvalue weighted by atomic mass is 9.99. The molecule has 0 radical (unpaired) electrons. The number of esters is 2. The minimum Gasteiger partial charge on any atom is -0.459 e. The third-order valence-electron chi connectivity index (χ3n) is 5.91. The van der Waals surface area contributed by atoms with Gasteiger partial charge in [0.15, 0.2) is 0 Å². The van der Waals surface area contributed by atoms with E-state index in [0.717, 1.165) is 21.5 Å². The van der Waals surface area contributed by atoms with Crippen LogP contribution in [0.4, 0.5) is 0 Å². The number of rotatable bonds is 9. The summed E-state index contributed by atoms with van der Waals surface area (Å²) in [4.78, 5) is 24.6. The fraction of sp³-hybridized carbons (Fsp3) is 0.133. The van der Waals surface area contributed by atoms with Crippen molar-refractivity contribution in [2.75, 3.05) is 13.2 Å². The van der Waals surface area contributed by atoms with Crippen molar-refractivity contribution in [3.63, 3.8) is 0 Å². The quantitative estimate of drug-likeness (QED) is 0.199. The van der Waals surface area contributed by atoms with Gasteiger partial charge in [0.1, 0.15) is 25.4 Å². The smallest absolute Gasteiger partial charge is 0.336 e. The van der Waals surface area contributed by atoms with Crippen molar-refractivity contribution in [2.24, 2.45) is 0 Å². The molecule has 0 heterocycles. The van der Waals surface area contributed by atoms with Crippen LogP contribution in [0.15, 0.2) is 109 Å². The molecule has 2 N–H and O–H groups in total. The molecule has 2 atom stereocenters. The molecule has 182 valence electrons. The van der Waals surface area contributed by atoms with E-state index in [1.54, 1.807) is 24.3 Å². The molecule has 0 aliphatic carbocycles. The second kappa shape index (κ2) is 11.0. The van der Waals surface area contributed by atoms with Crippen LogP contribution in [0.1, 0.15) is 23.3 Å². The topological polar surface area (TPSA) is 93.1 Å². The number of ether oxygens (including phenoxy) is 2. The maximum absolute atomic E-state index is 12.3. The van der Waals surface area contributed by atoms with E-state index in [1.807, 2.05) is 60.7 Å². The molecule has 0 saturated carbocycles. The largest absolute Gasteiger partial charge is 0.459 e. The first-order valence-electron chi connectivity index (χ1n) is 11.4. The van der Waals surface area contributed by atoms with Crippen molar-refractivity contribution in [1.29, 1.82) is 0 Å². The Morgan fingerprint density at radius 1 is 0.611 bits per heavy atom. The summed E-state index contributed by atoms with van der Waals surface area (Å²) in [7, 11) is 0. The Labute approximate surface area is 208 Å². The molecule has 6 heteroatoms. The van der Waals surface area contributed by atoms with Crippen LogP contribution in [0.3, 0.4) is 0 Å². The second-order valence-electron chi connectivity index (χ2n) is 8.34. The lowest BCUT2D eigenvalue weighted by molar-refractivity contribution is -0.148. The Balaban J connectivity index is 1.26. The van der Waals surface area contributed by atoms with Gasteiger partial charge in [-0.25, -0.2) is 9.59 Å². The summed E-state index contributed by atoms with van der Waals surface area (Å²) in [6.45, 7) is 6.82. The maximum atomic E-state index is 12.3. The summed E-state index contributed by atoms with van der Waals surface area (Å²) in [5.41, 5.74) is 0.766. The predicted octanol–water partition coefficient (Wildman–Crippen LogP) is 4.96. The molecular formula is C30H26O6. The third-order valence-corrected chi connectivity index (χ3v) is 5.91. The van der Waals surface area contributed by atoms with Crippen molar-refractivity contribution < 1.29 is 29.3 Å². The summed E-state index contributed by atoms with van der Waals surface area (Å²) in [6.07, 6.45) is -2.47. The molecule has 0 aliphatic heterocycles. The molecule has 0 fully saturated rings. The second-order valence-corrected chi connectivity index (χ2v) is 8.34. The monoisotopic (exact) mass is 482 g/mol. The van der Waals surface area contributed by atoms with Crippen LogP contribution in [0.5, 0.6) is 0 Å². The van der Waals surface area contributed by atoms with Crippen molar-refractivity contribution in [2.45, 2.75) is 12.2 Å². The third kappa shape index (κ3) is 5.51. The maximum Gasteiger partial charge on any atom is 0.336 e. The summed E-state index contributed by atoms with van der Waals surface area (Å²) < 4.78 is 10.2. The number of aliphatic hydroxyl groups is 2. The molecule has 4 aromatic rings. The van der Waals surface area contributed by atoms with Gasteiger partial charge in [-0.3, -0.25) is 0 Å². The number of hydrogen-bond acceptors (Lipinski definition) is 6. The van der Waals surface area contributed by atoms with Crippen LogP contribution < -0.4 is 0 Å². The Morgan fingerprint density at radius 3 is 1.36 bits per heavy atom. The van der Waals surface area contributed by atoms with Crippen molar-refractivity contribution in [3.8, 4) is 0 Å². The molecule has 4 rings (SSSR count). The molecule has 0 saturated heterocycles. The zero-order valence-corrected chi connectivity index (χ0v) is 19.6. The van der Waals surface area contributed by atoms with Gasteiger partial charge in [-0.2, -0.15) is 0 Å². The van der Waals surface area contributed by atoms with Gasteiger partial charge in [-0.1, -0.05) is 86.0 Å². The first-order chi connectivity index (χ1) is 17.3. The minimum absolute atomic E-state index is 0.132. The van der Waals surface area contributed by atoms with Gasteiger partial charge in [-0.15, -0.1) is 0 Å². The highest BCUT2D eigenvalue weighted by Crippen LogP contribution is 2.26. The molecule has 4 aromatic carbocycles. The fourth-order valence-corrected chi connectivity index (χ4v) is 3.84. The molecule has 0 aliphatic rings. The first kappa shape index (κ1) is 24.9. The number of fused-ring (bicyclic) bond motifs is 2. The Hall–Kier alpha value is -4.26. The van der Waals surface area contributed by atoms with E-state index in [4.69, 9.17) is 9.47 Å². The average molecular weight is 483 g/mol. The normalized spacial score (nSPS) is 12.6. The molecule has 0 aromatic heterocycles. The van der Waals surface area contributed by atoms with Crippen LogP contribution in [-0.4, -0.2) is 35.4 Å². The van der Waals surface area contributed by atoms with Crippen LogP contribution in [0.2, 0.25) is 0 Å². The van der Waals surface area contributed by atoms with Crippen LogP contribution in [-0.2, 0) is 19.1 Å². The van der Waals surface area contributed by atoms with E-state index < -0.39 is 24.1 Å². The minimum atomic E-state index is -1.23. The van der Waals surface area contributed by atoms with E-state index >= 15 is 0 Å². The fourth-order valence-electron chi connectivity index (χ4n) is 3.84. The highest BCUT2D eigenvalue weighted by molar-refractivity contribution is 5.91. The zero-order chi connectivity index (χ0) is 25.7. The number of benzene rings is 4. The number of carbonyl (C=O) groups is 2. The Morgan fingerprint density at radius 2 is 0.972 bits per heavy atom. The van der Waals surface area contributed by atoms with E-state index in [2.05, 4.69) is 13.2 Å². The SMILES string of the molecule is C=C(C(=O)OCCOC(=O)C(=C)C(O)c1ccc2ccccc2c1)C(O)c1ccc2ccccc2c1. The number of carbonyl (C=O) groups excluding carboxylic acids is 2. The van der Waals surface area contributed by atoms with Gasteiger partial charge in [-0.05, 0) is 44.8 Å². The van der Waals surface area contributed by atoms with Crippen molar-refractivity contribution in [3.05, 3.63) is 120 Å². The summed E-state index contributed by atoms with van der Waals surface area (Å²) in [6, 6.07) is 26.0. The highest BCUT2D eigenvalue weighted by Gasteiger charge is 2.22. The van der Waals surface area contributed by atoms with Gasteiger partial charge in [0, 0.05) is 0 Å². The summed E-state index contributed by atoms with van der Waals surface area (Å²) >= 11 is 0. The lowest BCUT2D eigenvalue weighted by Gasteiger charge is -2.16. The average Bonchev–Trinajstić information content (AvgIpc) is 2.92. The molecule has 0 spiro atoms. The van der Waals surface area contributed by atoms with Crippen LogP contribution >= 0.6 is 0 Å². The molecule has 2 unspecified atom stereocenters. The zero-order valence-electron chi connectivity index (χ0n) is 19.6. The van der Waals surface area contributed by atoms with Crippen molar-refractivity contribution in [1.82, 2.24) is 0 Å². The van der Waals surface area contributed by atoms with E-state index in [9.17, 15) is 19.8 Å². The molecule has 0 bridgehead atoms. The van der Waals surface area contributed by atoms with E-state index in [1.165, 1.54) is 0 Å². The molecule has 0 amide bonds. The van der Waals surface area contributed by atoms with Gasteiger partial charge >= 0.3 is 11.9 Å². The highest BCUT2D eigenvalue weighted by atomic mass is 16.6. The van der Waals surface area contributed by atoms with Gasteiger partial charge < -0.3 is 19.7 Å². The van der Waals surface area contributed by atoms with Crippen LogP contribution in [0, 0.1) is 0 Å². The standard InChI is InChI=1S/C30H26O6/c1-19(27(31)25-13-11-21-7-3-5-9-23(21)17-25)29(33)35-15-16-36-30(34)20(2)28(32)26-14-12-22-8-4-6-10-24(22)18-26/h3-14,17-18,27-28,31-32H,1-2,15-16H2. The first-order valence-corrected chi connectivity index (χ1v) is 11.4. The lowest BCUT2D eigenvalue weighted by Crippen LogP contribution is -2.19. The van der Waals surface area contributed by atoms with Crippen LogP contribution in [0.25, 0.3) is 21.5 Å². The Kier molecular flexibility index (Phi) is 7.59. The van der Waals surface area contributed by atoms with Gasteiger partial charge in [0.05, 0.1) is 11.1 Å². The Bertz CT molecular complexity index is 1340.